The van der Waals surface area contributed by atoms with E-state index in [1.54, 1.807) is 29.5 Å². The fourth-order valence-corrected chi connectivity index (χ4v) is 4.78. The fraction of sp³-hybridized carbons (Fsp3) is 0.200. The highest BCUT2D eigenvalue weighted by molar-refractivity contribution is 7.98. The van der Waals surface area contributed by atoms with Crippen LogP contribution in [0, 0.1) is 0 Å². The van der Waals surface area contributed by atoms with Gasteiger partial charge in [0, 0.05) is 10.6 Å². The number of aryl methyl sites for hydroxylation is 1. The molecule has 0 atom stereocenters. The number of hydrogen-bond acceptors (Lipinski definition) is 5. The molecule has 21 heavy (non-hydrogen) atoms. The lowest BCUT2D eigenvalue weighted by Gasteiger charge is -2.08. The molecule has 1 aromatic carbocycles. The number of carbonyl (C=O) groups is 1. The molecule has 0 unspecified atom stereocenters. The second kappa shape index (κ2) is 4.89. The number of fused-ring (bicyclic) bond motifs is 2. The maximum absolute atomic E-state index is 11.2. The van der Waals surface area contributed by atoms with E-state index in [2.05, 4.69) is 11.1 Å². The summed E-state index contributed by atoms with van der Waals surface area (Å²) in [5.74, 6) is 1.72. The van der Waals surface area contributed by atoms with Crippen molar-refractivity contribution in [3.8, 4) is 10.8 Å². The molecule has 4 rings (SSSR count). The molecule has 0 radical (unpaired) electrons. The van der Waals surface area contributed by atoms with Gasteiger partial charge in [0.2, 0.25) is 5.89 Å². The lowest BCUT2D eigenvalue weighted by atomic mass is 10.2. The quantitative estimate of drug-likeness (QED) is 0.772. The average Bonchev–Trinajstić information content (AvgIpc) is 3.09. The molecule has 1 aliphatic rings. The number of hydrogen-bond donors (Lipinski definition) is 1. The van der Waals surface area contributed by atoms with Crippen molar-refractivity contribution in [1.82, 2.24) is 4.98 Å². The van der Waals surface area contributed by atoms with Crippen molar-refractivity contribution in [1.29, 1.82) is 0 Å². The monoisotopic (exact) mass is 317 g/mol. The van der Waals surface area contributed by atoms with Crippen molar-refractivity contribution in [2.75, 3.05) is 5.75 Å². The van der Waals surface area contributed by atoms with Crippen LogP contribution in [-0.2, 0) is 12.2 Å². The van der Waals surface area contributed by atoms with Crippen molar-refractivity contribution < 1.29 is 14.3 Å². The van der Waals surface area contributed by atoms with Gasteiger partial charge in [-0.2, -0.15) is 11.8 Å². The third-order valence-corrected chi connectivity index (χ3v) is 5.72. The Hall–Kier alpha value is -1.79. The van der Waals surface area contributed by atoms with E-state index in [1.807, 2.05) is 11.8 Å². The highest BCUT2D eigenvalue weighted by atomic mass is 32.2. The maximum atomic E-state index is 11.2. The minimum atomic E-state index is -0.984. The number of nitrogens with zero attached hydrogens (tertiary/aromatic N) is 1. The van der Waals surface area contributed by atoms with Gasteiger partial charge in [0.15, 0.2) is 5.58 Å². The first-order valence-electron chi connectivity index (χ1n) is 6.55. The molecule has 3 aromatic rings. The van der Waals surface area contributed by atoms with Crippen LogP contribution >= 0.6 is 23.1 Å². The number of benzene rings is 1. The highest BCUT2D eigenvalue weighted by Gasteiger charge is 2.19. The van der Waals surface area contributed by atoms with E-state index in [0.29, 0.717) is 17.0 Å². The van der Waals surface area contributed by atoms with Gasteiger partial charge in [-0.25, -0.2) is 9.78 Å². The number of rotatable bonds is 2. The van der Waals surface area contributed by atoms with Crippen LogP contribution in [0.3, 0.4) is 0 Å². The second-order valence-corrected chi connectivity index (χ2v) is 7.08. The van der Waals surface area contributed by atoms with Crippen molar-refractivity contribution in [2.45, 2.75) is 12.2 Å². The minimum Gasteiger partial charge on any atom is -0.478 e. The molecule has 3 heterocycles. The largest absolute Gasteiger partial charge is 0.478 e. The van der Waals surface area contributed by atoms with Crippen LogP contribution in [0.4, 0.5) is 0 Å². The maximum Gasteiger partial charge on any atom is 0.338 e. The Morgan fingerprint density at radius 2 is 2.29 bits per heavy atom. The fourth-order valence-electron chi connectivity index (χ4n) is 2.48. The summed E-state index contributed by atoms with van der Waals surface area (Å²) in [6, 6.07) is 7.10. The van der Waals surface area contributed by atoms with E-state index in [4.69, 9.17) is 4.42 Å². The number of oxazole rings is 1. The first-order valence-corrected chi connectivity index (χ1v) is 8.52. The summed E-state index contributed by atoms with van der Waals surface area (Å²) in [6.45, 7) is 0. The normalized spacial score (nSPS) is 14.3. The van der Waals surface area contributed by atoms with E-state index >= 15 is 0 Å². The van der Waals surface area contributed by atoms with Gasteiger partial charge in [-0.1, -0.05) is 6.07 Å². The first kappa shape index (κ1) is 12.9. The molecule has 0 bridgehead atoms. The van der Waals surface area contributed by atoms with Gasteiger partial charge in [-0.3, -0.25) is 0 Å². The molecule has 0 aliphatic carbocycles. The Bertz CT molecular complexity index is 826. The van der Waals surface area contributed by atoms with Crippen LogP contribution in [0.15, 0.2) is 28.7 Å². The molecule has 1 N–H and O–H groups in total. The zero-order chi connectivity index (χ0) is 14.4. The Morgan fingerprint density at radius 1 is 1.38 bits per heavy atom. The number of aromatic carboxylic acids is 1. The van der Waals surface area contributed by atoms with Crippen molar-refractivity contribution in [3.63, 3.8) is 0 Å². The lowest BCUT2D eigenvalue weighted by Crippen LogP contribution is -1.96. The third kappa shape index (κ3) is 2.15. The third-order valence-electron chi connectivity index (χ3n) is 3.49. The molecular formula is C15H11NO3S2. The molecule has 6 heteroatoms. The smallest absolute Gasteiger partial charge is 0.338 e. The van der Waals surface area contributed by atoms with Crippen molar-refractivity contribution in [2.24, 2.45) is 0 Å². The van der Waals surface area contributed by atoms with Gasteiger partial charge in [0.25, 0.3) is 0 Å². The Labute approximate surface area is 128 Å². The number of carboxylic acids is 1. The van der Waals surface area contributed by atoms with Crippen molar-refractivity contribution >= 4 is 40.2 Å². The number of thiophene rings is 1. The molecule has 0 fully saturated rings. The number of carboxylic acid groups (broad SMARTS) is 1. The Morgan fingerprint density at radius 3 is 3.10 bits per heavy atom. The Kier molecular flexibility index (Phi) is 3.01. The van der Waals surface area contributed by atoms with Crippen LogP contribution < -0.4 is 0 Å². The molecule has 1 aliphatic heterocycles. The zero-order valence-electron chi connectivity index (χ0n) is 11.0. The summed E-state index contributed by atoms with van der Waals surface area (Å²) < 4.78 is 5.75. The van der Waals surface area contributed by atoms with Crippen LogP contribution in [-0.4, -0.2) is 21.8 Å². The molecule has 0 saturated carbocycles. The van der Waals surface area contributed by atoms with E-state index in [0.717, 1.165) is 22.8 Å². The summed E-state index contributed by atoms with van der Waals surface area (Å²) in [7, 11) is 0. The molecule has 2 aromatic heterocycles. The molecule has 4 nitrogen and oxygen atoms in total. The second-order valence-electron chi connectivity index (χ2n) is 4.84. The van der Waals surface area contributed by atoms with Gasteiger partial charge in [0.1, 0.15) is 5.52 Å². The SMILES string of the molecule is O=C(O)c1cccc2oc(-c3cc4c(s3)CCSC4)nc12. The lowest BCUT2D eigenvalue weighted by molar-refractivity contribution is 0.0699. The minimum absolute atomic E-state index is 0.180. The van der Waals surface area contributed by atoms with Crippen LogP contribution in [0.25, 0.3) is 21.9 Å². The molecule has 0 amide bonds. The summed E-state index contributed by atoms with van der Waals surface area (Å²) in [5.41, 5.74) is 2.47. The van der Waals surface area contributed by atoms with Gasteiger partial charge < -0.3 is 9.52 Å². The Balaban J connectivity index is 1.85. The highest BCUT2D eigenvalue weighted by Crippen LogP contribution is 2.37. The molecule has 106 valence electrons. The average molecular weight is 317 g/mol. The van der Waals surface area contributed by atoms with Gasteiger partial charge >= 0.3 is 5.97 Å². The predicted octanol–water partition coefficient (Wildman–Crippen LogP) is 4.04. The summed E-state index contributed by atoms with van der Waals surface area (Å²) in [4.78, 5) is 18.0. The summed E-state index contributed by atoms with van der Waals surface area (Å²) >= 11 is 3.64. The van der Waals surface area contributed by atoms with E-state index < -0.39 is 5.97 Å². The standard InChI is InChI=1S/C15H11NO3S2/c17-15(18)9-2-1-3-10-13(9)16-14(19-10)12-6-8-7-20-5-4-11(8)21-12/h1-3,6H,4-5,7H2,(H,17,18). The summed E-state index contributed by atoms with van der Waals surface area (Å²) in [5, 5.41) is 9.21. The predicted molar refractivity (Wildman–Crippen MR) is 84.1 cm³/mol. The zero-order valence-corrected chi connectivity index (χ0v) is 12.6. The number of aromatic nitrogens is 1. The molecule has 0 saturated heterocycles. The number of thioether (sulfide) groups is 1. The van der Waals surface area contributed by atoms with Crippen LogP contribution in [0.2, 0.25) is 0 Å². The van der Waals surface area contributed by atoms with E-state index in [9.17, 15) is 9.90 Å². The van der Waals surface area contributed by atoms with Crippen molar-refractivity contribution in [3.05, 3.63) is 40.3 Å². The van der Waals surface area contributed by atoms with E-state index in [1.165, 1.54) is 10.4 Å². The van der Waals surface area contributed by atoms with Gasteiger partial charge in [-0.05, 0) is 35.9 Å². The topological polar surface area (TPSA) is 63.3 Å². The van der Waals surface area contributed by atoms with E-state index in [-0.39, 0.29) is 5.56 Å². The number of para-hydroxylation sites is 1. The van der Waals surface area contributed by atoms with Gasteiger partial charge in [0.05, 0.1) is 10.4 Å². The van der Waals surface area contributed by atoms with Gasteiger partial charge in [-0.15, -0.1) is 11.3 Å². The molecule has 0 spiro atoms. The van der Waals surface area contributed by atoms with Crippen LogP contribution in [0.1, 0.15) is 20.8 Å². The molecular weight excluding hydrogens is 306 g/mol. The van der Waals surface area contributed by atoms with Crippen LogP contribution in [0.5, 0.6) is 0 Å². The summed E-state index contributed by atoms with van der Waals surface area (Å²) in [6.07, 6.45) is 1.09. The first-order chi connectivity index (χ1) is 10.2.